The van der Waals surface area contributed by atoms with Gasteiger partial charge in [0.25, 0.3) is 5.91 Å². The topological polar surface area (TPSA) is 77.8 Å². The van der Waals surface area contributed by atoms with E-state index in [1.165, 1.54) is 0 Å². The molecule has 21 heavy (non-hydrogen) atoms. The highest BCUT2D eigenvalue weighted by molar-refractivity contribution is 5.93. The van der Waals surface area contributed by atoms with E-state index >= 15 is 0 Å². The number of amides is 1. The zero-order valence-electron chi connectivity index (χ0n) is 11.8. The molecule has 2 N–H and O–H groups in total. The van der Waals surface area contributed by atoms with Crippen LogP contribution >= 0.6 is 0 Å². The van der Waals surface area contributed by atoms with Crippen molar-refractivity contribution in [1.82, 2.24) is 10.3 Å². The molecule has 0 aliphatic rings. The minimum atomic E-state index is -0.200. The predicted molar refractivity (Wildman–Crippen MR) is 81.3 cm³/mol. The van der Waals surface area contributed by atoms with Gasteiger partial charge in [0.2, 0.25) is 0 Å². The van der Waals surface area contributed by atoms with Gasteiger partial charge in [-0.3, -0.25) is 9.78 Å². The van der Waals surface area contributed by atoms with E-state index in [9.17, 15) is 4.79 Å². The number of anilines is 2. The number of aromatic nitrogens is 1. The van der Waals surface area contributed by atoms with Crippen molar-refractivity contribution in [3.8, 4) is 6.07 Å². The van der Waals surface area contributed by atoms with Crippen molar-refractivity contribution in [2.75, 3.05) is 11.9 Å². The third kappa shape index (κ3) is 3.80. The van der Waals surface area contributed by atoms with Gasteiger partial charge in [0.1, 0.15) is 11.8 Å². The molecule has 0 atom stereocenters. The first-order chi connectivity index (χ1) is 10.2. The molecule has 2 rings (SSSR count). The van der Waals surface area contributed by atoms with E-state index in [1.807, 2.05) is 19.1 Å². The fraction of sp³-hybridized carbons (Fsp3) is 0.188. The third-order valence-corrected chi connectivity index (χ3v) is 2.85. The molecule has 0 radical (unpaired) electrons. The average molecular weight is 280 g/mol. The van der Waals surface area contributed by atoms with Gasteiger partial charge in [-0.25, -0.2) is 0 Å². The molecular formula is C16H16N4O. The Bertz CT molecular complexity index is 676. The fourth-order valence-electron chi connectivity index (χ4n) is 1.81. The second-order valence-electron chi connectivity index (χ2n) is 4.47. The zero-order chi connectivity index (χ0) is 15.1. The summed E-state index contributed by atoms with van der Waals surface area (Å²) >= 11 is 0. The van der Waals surface area contributed by atoms with E-state index in [0.29, 0.717) is 29.2 Å². The molecule has 0 spiro atoms. The molecule has 5 nitrogen and oxygen atoms in total. The molecule has 0 bridgehead atoms. The van der Waals surface area contributed by atoms with Gasteiger partial charge in [0, 0.05) is 18.4 Å². The first-order valence-electron chi connectivity index (χ1n) is 6.75. The monoisotopic (exact) mass is 280 g/mol. The molecule has 1 aromatic carbocycles. The normalized spacial score (nSPS) is 9.71. The standard InChI is InChI=1S/C16H16N4O/c1-2-8-19-16(21)15-10-13(7-9-18-15)20-14-6-4-3-5-12(14)11-17/h3-7,9-10H,2,8H2,1H3,(H,18,20)(H,19,21). The van der Waals surface area contributed by atoms with E-state index in [0.717, 1.165) is 6.42 Å². The maximum Gasteiger partial charge on any atom is 0.269 e. The van der Waals surface area contributed by atoms with Gasteiger partial charge in [0.05, 0.1) is 11.3 Å². The lowest BCUT2D eigenvalue weighted by atomic mass is 10.2. The zero-order valence-corrected chi connectivity index (χ0v) is 11.8. The van der Waals surface area contributed by atoms with Gasteiger partial charge in [-0.1, -0.05) is 19.1 Å². The number of benzene rings is 1. The molecule has 2 aromatic rings. The number of hydrogen-bond donors (Lipinski definition) is 2. The Kier molecular flexibility index (Phi) is 4.89. The summed E-state index contributed by atoms with van der Waals surface area (Å²) in [6.45, 7) is 2.61. The van der Waals surface area contributed by atoms with Crippen LogP contribution in [0.25, 0.3) is 0 Å². The van der Waals surface area contributed by atoms with Gasteiger partial charge in [0.15, 0.2) is 0 Å². The first kappa shape index (κ1) is 14.5. The summed E-state index contributed by atoms with van der Waals surface area (Å²) in [6, 6.07) is 12.7. The van der Waals surface area contributed by atoms with Crippen molar-refractivity contribution in [2.45, 2.75) is 13.3 Å². The molecule has 1 amide bonds. The number of carbonyl (C=O) groups excluding carboxylic acids is 1. The van der Waals surface area contributed by atoms with Crippen LogP contribution in [-0.4, -0.2) is 17.4 Å². The van der Waals surface area contributed by atoms with Crippen LogP contribution in [-0.2, 0) is 0 Å². The Morgan fingerprint density at radius 3 is 2.90 bits per heavy atom. The second kappa shape index (κ2) is 7.06. The van der Waals surface area contributed by atoms with Crippen molar-refractivity contribution in [1.29, 1.82) is 5.26 Å². The molecule has 0 aliphatic carbocycles. The van der Waals surface area contributed by atoms with Gasteiger partial charge in [-0.05, 0) is 30.7 Å². The van der Waals surface area contributed by atoms with Gasteiger partial charge < -0.3 is 10.6 Å². The molecule has 0 saturated carbocycles. The number of nitrogens with zero attached hydrogens (tertiary/aromatic N) is 2. The fourth-order valence-corrected chi connectivity index (χ4v) is 1.81. The van der Waals surface area contributed by atoms with Crippen molar-refractivity contribution in [3.63, 3.8) is 0 Å². The van der Waals surface area contributed by atoms with Crippen molar-refractivity contribution < 1.29 is 4.79 Å². The summed E-state index contributed by atoms with van der Waals surface area (Å²) in [5, 5.41) is 15.0. The Labute approximate surface area is 123 Å². The number of hydrogen-bond acceptors (Lipinski definition) is 4. The van der Waals surface area contributed by atoms with Crippen LogP contribution in [0, 0.1) is 11.3 Å². The molecule has 0 fully saturated rings. The van der Waals surface area contributed by atoms with Crippen LogP contribution < -0.4 is 10.6 Å². The smallest absolute Gasteiger partial charge is 0.269 e. The van der Waals surface area contributed by atoms with Crippen LogP contribution in [0.2, 0.25) is 0 Å². The quantitative estimate of drug-likeness (QED) is 0.882. The second-order valence-corrected chi connectivity index (χ2v) is 4.47. The minimum absolute atomic E-state index is 0.200. The van der Waals surface area contributed by atoms with E-state index in [2.05, 4.69) is 21.7 Å². The Morgan fingerprint density at radius 2 is 2.14 bits per heavy atom. The molecule has 0 unspecified atom stereocenters. The van der Waals surface area contributed by atoms with Crippen molar-refractivity contribution in [2.24, 2.45) is 0 Å². The number of pyridine rings is 1. The SMILES string of the molecule is CCCNC(=O)c1cc(Nc2ccccc2C#N)ccn1. The minimum Gasteiger partial charge on any atom is -0.354 e. The Morgan fingerprint density at radius 1 is 1.33 bits per heavy atom. The van der Waals surface area contributed by atoms with Crippen LogP contribution in [0.3, 0.4) is 0 Å². The summed E-state index contributed by atoms with van der Waals surface area (Å²) in [5.74, 6) is -0.200. The van der Waals surface area contributed by atoms with Crippen LogP contribution in [0.5, 0.6) is 0 Å². The molecule has 106 valence electrons. The van der Waals surface area contributed by atoms with E-state index in [4.69, 9.17) is 5.26 Å². The third-order valence-electron chi connectivity index (χ3n) is 2.85. The molecular weight excluding hydrogens is 264 g/mol. The first-order valence-corrected chi connectivity index (χ1v) is 6.75. The highest BCUT2D eigenvalue weighted by atomic mass is 16.1. The molecule has 1 aromatic heterocycles. The summed E-state index contributed by atoms with van der Waals surface area (Å²) < 4.78 is 0. The van der Waals surface area contributed by atoms with Gasteiger partial charge in [-0.15, -0.1) is 0 Å². The summed E-state index contributed by atoms with van der Waals surface area (Å²) in [5.41, 5.74) is 2.31. The lowest BCUT2D eigenvalue weighted by molar-refractivity contribution is 0.0949. The highest BCUT2D eigenvalue weighted by Crippen LogP contribution is 2.20. The maximum absolute atomic E-state index is 11.9. The van der Waals surface area contributed by atoms with Crippen LogP contribution in [0.4, 0.5) is 11.4 Å². The summed E-state index contributed by atoms with van der Waals surface area (Å²) in [6.07, 6.45) is 2.44. The lowest BCUT2D eigenvalue weighted by Gasteiger charge is -2.09. The van der Waals surface area contributed by atoms with E-state index in [1.54, 1.807) is 30.5 Å². The maximum atomic E-state index is 11.9. The van der Waals surface area contributed by atoms with E-state index in [-0.39, 0.29) is 5.91 Å². The summed E-state index contributed by atoms with van der Waals surface area (Å²) in [7, 11) is 0. The molecule has 0 saturated heterocycles. The van der Waals surface area contributed by atoms with Crippen LogP contribution in [0.15, 0.2) is 42.6 Å². The molecule has 0 aliphatic heterocycles. The Balaban J connectivity index is 2.18. The van der Waals surface area contributed by atoms with Crippen LogP contribution in [0.1, 0.15) is 29.4 Å². The number of nitriles is 1. The highest BCUT2D eigenvalue weighted by Gasteiger charge is 2.08. The van der Waals surface area contributed by atoms with Crippen molar-refractivity contribution in [3.05, 3.63) is 53.9 Å². The number of rotatable bonds is 5. The Hall–Kier alpha value is -2.87. The largest absolute Gasteiger partial charge is 0.354 e. The average Bonchev–Trinajstić information content (AvgIpc) is 2.53. The lowest BCUT2D eigenvalue weighted by Crippen LogP contribution is -2.24. The molecule has 1 heterocycles. The summed E-state index contributed by atoms with van der Waals surface area (Å²) in [4.78, 5) is 15.9. The predicted octanol–water partition coefficient (Wildman–Crippen LogP) is 2.84. The van der Waals surface area contributed by atoms with Crippen molar-refractivity contribution >= 4 is 17.3 Å². The van der Waals surface area contributed by atoms with Gasteiger partial charge in [-0.2, -0.15) is 5.26 Å². The number of nitrogens with one attached hydrogen (secondary N) is 2. The van der Waals surface area contributed by atoms with E-state index < -0.39 is 0 Å². The number of carbonyl (C=O) groups is 1. The molecule has 5 heteroatoms. The van der Waals surface area contributed by atoms with Gasteiger partial charge >= 0.3 is 0 Å². The number of para-hydroxylation sites is 1.